The van der Waals surface area contributed by atoms with Crippen molar-refractivity contribution in [2.75, 3.05) is 87.0 Å². The van der Waals surface area contributed by atoms with Crippen LogP contribution in [0.5, 0.6) is 5.75 Å². The molecule has 8 N–H and O–H groups in total. The van der Waals surface area contributed by atoms with Gasteiger partial charge in [-0.15, -0.1) is 0 Å². The van der Waals surface area contributed by atoms with Crippen LogP contribution in [0.3, 0.4) is 0 Å². The summed E-state index contributed by atoms with van der Waals surface area (Å²) in [4.78, 5) is 57.6. The third-order valence-corrected chi connectivity index (χ3v) is 13.5. The molecular weight excluding hydrogens is 819 g/mol. The lowest BCUT2D eigenvalue weighted by Gasteiger charge is -2.43. The van der Waals surface area contributed by atoms with Gasteiger partial charge < -0.3 is 56.1 Å². The van der Waals surface area contributed by atoms with E-state index in [4.69, 9.17) is 20.2 Å². The van der Waals surface area contributed by atoms with Crippen molar-refractivity contribution in [1.29, 1.82) is 0 Å². The molecule has 5 aliphatic rings. The van der Waals surface area contributed by atoms with Crippen LogP contribution in [-0.2, 0) is 22.5 Å². The minimum absolute atomic E-state index is 0.0975. The zero-order valence-electron chi connectivity index (χ0n) is 37.2. The minimum atomic E-state index is -1.01. The van der Waals surface area contributed by atoms with E-state index in [0.29, 0.717) is 85.8 Å². The number of primary amides is 1. The summed E-state index contributed by atoms with van der Waals surface area (Å²) in [5.74, 6) is 0.718. The lowest BCUT2D eigenvalue weighted by molar-refractivity contribution is -0.116. The first-order valence-electron chi connectivity index (χ1n) is 23.1. The molecule has 3 atom stereocenters. The van der Waals surface area contributed by atoms with E-state index < -0.39 is 24.4 Å². The number of hydrogen-bond donors (Lipinski definition) is 7. The highest BCUT2D eigenvalue weighted by molar-refractivity contribution is 6.07. The Morgan fingerprint density at radius 3 is 2.45 bits per heavy atom. The van der Waals surface area contributed by atoms with Crippen molar-refractivity contribution in [1.82, 2.24) is 30.0 Å². The van der Waals surface area contributed by atoms with E-state index in [1.54, 1.807) is 18.1 Å². The number of nitrogens with zero attached hydrogens (tertiary/aromatic N) is 6. The molecule has 18 nitrogen and oxygen atoms in total. The summed E-state index contributed by atoms with van der Waals surface area (Å²) < 4.78 is 11.4. The van der Waals surface area contributed by atoms with E-state index >= 15 is 0 Å². The fourth-order valence-corrected chi connectivity index (χ4v) is 9.90. The normalized spacial score (nSPS) is 22.6. The average molecular weight is 884 g/mol. The van der Waals surface area contributed by atoms with E-state index in [2.05, 4.69) is 47.0 Å². The number of anilines is 5. The number of amides is 3. The van der Waals surface area contributed by atoms with Gasteiger partial charge in [-0.1, -0.05) is 19.1 Å². The Labute approximate surface area is 375 Å². The Kier molecular flexibility index (Phi) is 14.8. The molecule has 1 aromatic heterocycles. The molecule has 8 rings (SSSR count). The van der Waals surface area contributed by atoms with Gasteiger partial charge >= 0.3 is 0 Å². The molecule has 4 fully saturated rings. The van der Waals surface area contributed by atoms with Crippen LogP contribution in [0.25, 0.3) is 0 Å². The number of carbonyl (C=O) groups excluding carboxylic acids is 3. The number of carbonyl (C=O) groups is 3. The number of hydrogen-bond acceptors (Lipinski definition) is 15. The summed E-state index contributed by atoms with van der Waals surface area (Å²) in [7, 11) is 1.67. The van der Waals surface area contributed by atoms with Gasteiger partial charge in [-0.25, -0.2) is 9.97 Å². The third kappa shape index (κ3) is 10.5. The number of aromatic nitrogens is 2. The molecule has 0 aliphatic carbocycles. The lowest BCUT2D eigenvalue weighted by Crippen LogP contribution is -2.56. The number of ether oxygens (including phenoxy) is 2. The van der Waals surface area contributed by atoms with Crippen LogP contribution in [0.4, 0.5) is 28.7 Å². The summed E-state index contributed by atoms with van der Waals surface area (Å²) in [6, 6.07) is 11.7. The van der Waals surface area contributed by atoms with E-state index in [-0.39, 0.29) is 23.6 Å². The third-order valence-electron chi connectivity index (χ3n) is 13.5. The molecule has 6 heterocycles. The Hall–Kier alpha value is -5.11. The number of rotatable bonds is 16. The van der Waals surface area contributed by atoms with Gasteiger partial charge in [0.15, 0.2) is 17.3 Å². The number of fused-ring (bicyclic) bond motifs is 1. The highest BCUT2D eigenvalue weighted by Crippen LogP contribution is 2.36. The van der Waals surface area contributed by atoms with Crippen LogP contribution in [0.2, 0.25) is 0 Å². The van der Waals surface area contributed by atoms with E-state index in [1.165, 1.54) is 0 Å². The first kappa shape index (κ1) is 45.5. The SMILES string of the molecule is CCc1nc(C(N)=O)c(Nc2ccc(N3CCC(N4CCN(CCCCC(=O)Nc5cccc6c5C(=O)N(C5CCC(O)NC5O)C6)CC4)CC3)c(OC)c2)nc1NC1CCOCC1. The molecule has 0 spiro atoms. The predicted octanol–water partition coefficient (Wildman–Crippen LogP) is 3.22. The number of piperidine rings is 2. The summed E-state index contributed by atoms with van der Waals surface area (Å²) in [5, 5.41) is 32.8. The maximum absolute atomic E-state index is 13.5. The molecule has 64 heavy (non-hydrogen) atoms. The van der Waals surface area contributed by atoms with Gasteiger partial charge in [0, 0.05) is 89.3 Å². The number of aliphatic hydroxyl groups is 2. The lowest BCUT2D eigenvalue weighted by atomic mass is 10.0. The van der Waals surface area contributed by atoms with Crippen molar-refractivity contribution in [2.45, 2.75) is 108 Å². The predicted molar refractivity (Wildman–Crippen MR) is 244 cm³/mol. The number of unbranched alkanes of at least 4 members (excludes halogenated alkanes) is 1. The summed E-state index contributed by atoms with van der Waals surface area (Å²) in [5.41, 5.74) is 10.1. The Morgan fingerprint density at radius 2 is 1.73 bits per heavy atom. The van der Waals surface area contributed by atoms with E-state index in [9.17, 15) is 24.6 Å². The Morgan fingerprint density at radius 1 is 0.953 bits per heavy atom. The monoisotopic (exact) mass is 884 g/mol. The van der Waals surface area contributed by atoms with Crippen LogP contribution in [0.1, 0.15) is 96.8 Å². The first-order valence-corrected chi connectivity index (χ1v) is 23.1. The largest absolute Gasteiger partial charge is 0.495 e. The Bertz CT molecular complexity index is 2120. The van der Waals surface area contributed by atoms with E-state index in [1.807, 2.05) is 31.2 Å². The highest BCUT2D eigenvalue weighted by Gasteiger charge is 2.40. The second-order valence-corrected chi connectivity index (χ2v) is 17.6. The molecule has 4 saturated heterocycles. The Balaban J connectivity index is 0.768. The molecule has 0 bridgehead atoms. The minimum Gasteiger partial charge on any atom is -0.495 e. The summed E-state index contributed by atoms with van der Waals surface area (Å²) >= 11 is 0. The molecule has 0 radical (unpaired) electrons. The number of piperazine rings is 1. The van der Waals surface area contributed by atoms with Crippen molar-refractivity contribution in [3.05, 3.63) is 58.9 Å². The quantitative estimate of drug-likeness (QED) is 0.103. The van der Waals surface area contributed by atoms with Crippen molar-refractivity contribution in [2.24, 2.45) is 5.73 Å². The van der Waals surface area contributed by atoms with Crippen LogP contribution in [0.15, 0.2) is 36.4 Å². The highest BCUT2D eigenvalue weighted by atomic mass is 16.5. The molecule has 18 heteroatoms. The topological polar surface area (TPSA) is 223 Å². The molecule has 2 aromatic carbocycles. The van der Waals surface area contributed by atoms with Gasteiger partial charge in [0.05, 0.1) is 35.8 Å². The van der Waals surface area contributed by atoms with Crippen molar-refractivity contribution in [3.63, 3.8) is 0 Å². The zero-order valence-corrected chi connectivity index (χ0v) is 37.2. The molecule has 5 aliphatic heterocycles. The molecular formula is C46H65N11O7. The molecule has 0 saturated carbocycles. The van der Waals surface area contributed by atoms with E-state index in [0.717, 1.165) is 101 Å². The number of nitrogens with two attached hydrogens (primary N) is 1. The summed E-state index contributed by atoms with van der Waals surface area (Å²) in [6.45, 7) is 10.6. The fourth-order valence-electron chi connectivity index (χ4n) is 9.90. The van der Waals surface area contributed by atoms with Crippen LogP contribution < -0.4 is 36.6 Å². The summed E-state index contributed by atoms with van der Waals surface area (Å²) in [6.07, 6.45) is 5.64. The van der Waals surface area contributed by atoms with Crippen LogP contribution in [0, 0.1) is 0 Å². The second kappa shape index (κ2) is 20.8. The van der Waals surface area contributed by atoms with Gasteiger partial charge in [0.2, 0.25) is 5.91 Å². The van der Waals surface area contributed by atoms with Crippen molar-refractivity contribution in [3.8, 4) is 5.75 Å². The fraction of sp³-hybridized carbons (Fsp3) is 0.587. The maximum Gasteiger partial charge on any atom is 0.271 e. The number of nitrogens with one attached hydrogen (secondary N) is 4. The molecule has 346 valence electrons. The van der Waals surface area contributed by atoms with Crippen molar-refractivity contribution < 1.29 is 34.1 Å². The van der Waals surface area contributed by atoms with Gasteiger partial charge in [-0.05, 0) is 88.1 Å². The van der Waals surface area contributed by atoms with Gasteiger partial charge in [0.25, 0.3) is 11.8 Å². The molecule has 3 amide bonds. The number of aryl methyl sites for hydroxylation is 1. The first-order chi connectivity index (χ1) is 31.1. The second-order valence-electron chi connectivity index (χ2n) is 17.6. The van der Waals surface area contributed by atoms with Crippen molar-refractivity contribution >= 4 is 46.4 Å². The zero-order chi connectivity index (χ0) is 44.7. The van der Waals surface area contributed by atoms with Crippen LogP contribution in [-0.4, -0.2) is 149 Å². The smallest absolute Gasteiger partial charge is 0.271 e. The maximum atomic E-state index is 13.5. The molecule has 3 aromatic rings. The number of aliphatic hydroxyl groups excluding tert-OH is 2. The van der Waals surface area contributed by atoms with Gasteiger partial charge in [-0.3, -0.25) is 24.6 Å². The molecule has 3 unspecified atom stereocenters. The number of benzene rings is 2. The van der Waals surface area contributed by atoms with Crippen LogP contribution >= 0.6 is 0 Å². The van der Waals surface area contributed by atoms with Gasteiger partial charge in [0.1, 0.15) is 18.2 Å². The average Bonchev–Trinajstić information content (AvgIpc) is 3.64. The van der Waals surface area contributed by atoms with Gasteiger partial charge in [-0.2, -0.15) is 0 Å². The number of methoxy groups -OCH3 is 1. The standard InChI is InChI=1S/C46H65N11O7/c1-3-33-43(48-30-16-25-64-26-17-30)53-44(41(51-33)42(47)60)49-31-10-11-35(37(27-31)63-2)56-19-14-32(15-20-56)55-23-21-54(22-24-55)18-5-4-9-38(58)50-34-8-6-7-29-28-57(46(62)40(29)34)36-12-13-39(59)52-45(36)61/h6-8,10-11,27,30,32,36,39,45,52,59,61H,3-5,9,12-26,28H2,1-2H3,(H2,47,60)(H,50,58)(H2,48,49,53).